The summed E-state index contributed by atoms with van der Waals surface area (Å²) in [5, 5.41) is 0.771. The molecule has 1 atom stereocenters. The molecule has 0 aliphatic carbocycles. The largest absolute Gasteiger partial charge is 0.327 e. The third kappa shape index (κ3) is 4.66. The maximum Gasteiger partial charge on any atom is 0.0408 e. The van der Waals surface area contributed by atoms with Crippen molar-refractivity contribution in [3.05, 3.63) is 64.4 Å². The minimum atomic E-state index is 0.152. The second-order valence-electron chi connectivity index (χ2n) is 5.00. The Kier molecular flexibility index (Phi) is 4.94. The number of benzene rings is 1. The predicted molar refractivity (Wildman–Crippen MR) is 80.4 cm³/mol. The third-order valence-electron chi connectivity index (χ3n) is 3.12. The highest BCUT2D eigenvalue weighted by atomic mass is 35.5. The van der Waals surface area contributed by atoms with Gasteiger partial charge in [-0.2, -0.15) is 0 Å². The molecule has 19 heavy (non-hydrogen) atoms. The van der Waals surface area contributed by atoms with E-state index >= 15 is 0 Å². The zero-order valence-corrected chi connectivity index (χ0v) is 11.9. The molecule has 1 aromatic carbocycles. The lowest BCUT2D eigenvalue weighted by Crippen LogP contribution is -2.23. The van der Waals surface area contributed by atoms with Crippen LogP contribution in [-0.2, 0) is 12.8 Å². The molecule has 1 heterocycles. The van der Waals surface area contributed by atoms with Gasteiger partial charge < -0.3 is 5.73 Å². The molecular formula is C16H19ClN2. The van der Waals surface area contributed by atoms with Crippen LogP contribution in [0.5, 0.6) is 0 Å². The molecular weight excluding hydrogens is 256 g/mol. The fourth-order valence-corrected chi connectivity index (χ4v) is 2.39. The number of halogens is 1. The molecule has 0 radical (unpaired) electrons. The Morgan fingerprint density at radius 1 is 1.21 bits per heavy atom. The van der Waals surface area contributed by atoms with Gasteiger partial charge in [0, 0.05) is 23.5 Å². The van der Waals surface area contributed by atoms with Gasteiger partial charge in [0.25, 0.3) is 0 Å². The number of pyridine rings is 1. The minimum Gasteiger partial charge on any atom is -0.327 e. The van der Waals surface area contributed by atoms with Gasteiger partial charge in [-0.3, -0.25) is 4.98 Å². The molecule has 2 nitrogen and oxygen atoms in total. The van der Waals surface area contributed by atoms with Gasteiger partial charge in [-0.1, -0.05) is 29.8 Å². The van der Waals surface area contributed by atoms with Crippen LogP contribution in [0, 0.1) is 6.92 Å². The van der Waals surface area contributed by atoms with Crippen molar-refractivity contribution in [2.75, 3.05) is 0 Å². The van der Waals surface area contributed by atoms with Gasteiger partial charge in [-0.25, -0.2) is 0 Å². The normalized spacial score (nSPS) is 12.4. The quantitative estimate of drug-likeness (QED) is 0.906. The van der Waals surface area contributed by atoms with Crippen molar-refractivity contribution in [3.8, 4) is 0 Å². The number of aromatic nitrogens is 1. The molecule has 1 unspecified atom stereocenters. The molecule has 2 N–H and O–H groups in total. The molecule has 0 aliphatic heterocycles. The number of nitrogens with two attached hydrogens (primary N) is 1. The van der Waals surface area contributed by atoms with Crippen molar-refractivity contribution in [2.24, 2.45) is 5.73 Å². The van der Waals surface area contributed by atoms with Crippen molar-refractivity contribution in [1.82, 2.24) is 4.98 Å². The van der Waals surface area contributed by atoms with E-state index in [-0.39, 0.29) is 6.04 Å². The van der Waals surface area contributed by atoms with Gasteiger partial charge in [0.1, 0.15) is 0 Å². The second kappa shape index (κ2) is 6.69. The van der Waals surface area contributed by atoms with Crippen molar-refractivity contribution in [1.29, 1.82) is 0 Å². The van der Waals surface area contributed by atoms with E-state index in [4.69, 9.17) is 17.3 Å². The number of hydrogen-bond acceptors (Lipinski definition) is 2. The molecule has 0 fully saturated rings. The van der Waals surface area contributed by atoms with Crippen LogP contribution in [0.2, 0.25) is 5.02 Å². The van der Waals surface area contributed by atoms with Crippen LogP contribution in [0.25, 0.3) is 0 Å². The summed E-state index contributed by atoms with van der Waals surface area (Å²) in [7, 11) is 0. The van der Waals surface area contributed by atoms with E-state index in [2.05, 4.69) is 24.0 Å². The van der Waals surface area contributed by atoms with Crippen LogP contribution < -0.4 is 5.73 Å². The van der Waals surface area contributed by atoms with E-state index in [0.717, 1.165) is 24.3 Å². The lowest BCUT2D eigenvalue weighted by molar-refractivity contribution is 0.609. The molecule has 0 bridgehead atoms. The number of nitrogens with zero attached hydrogens (tertiary/aromatic N) is 1. The van der Waals surface area contributed by atoms with Crippen LogP contribution in [0.4, 0.5) is 0 Å². The number of aryl methyl sites for hydroxylation is 2. The van der Waals surface area contributed by atoms with Crippen LogP contribution in [0.3, 0.4) is 0 Å². The van der Waals surface area contributed by atoms with Gasteiger partial charge in [-0.15, -0.1) is 0 Å². The maximum absolute atomic E-state index is 6.18. The second-order valence-corrected chi connectivity index (χ2v) is 5.44. The summed E-state index contributed by atoms with van der Waals surface area (Å²) in [4.78, 5) is 4.20. The molecule has 0 saturated carbocycles. The Morgan fingerprint density at radius 2 is 2.05 bits per heavy atom. The topological polar surface area (TPSA) is 38.9 Å². The van der Waals surface area contributed by atoms with Crippen LogP contribution in [0.15, 0.2) is 42.7 Å². The summed E-state index contributed by atoms with van der Waals surface area (Å²) in [6, 6.07) is 10.2. The fraction of sp³-hybridized carbons (Fsp3) is 0.312. The van der Waals surface area contributed by atoms with Crippen molar-refractivity contribution in [3.63, 3.8) is 0 Å². The van der Waals surface area contributed by atoms with Crippen LogP contribution in [-0.4, -0.2) is 11.0 Å². The van der Waals surface area contributed by atoms with Crippen molar-refractivity contribution in [2.45, 2.75) is 32.2 Å². The predicted octanol–water partition coefficient (Wildman–Crippen LogP) is 3.55. The molecule has 1 aromatic heterocycles. The molecule has 0 spiro atoms. The maximum atomic E-state index is 6.18. The standard InChI is InChI=1S/C16H19ClN2/c1-12-7-14(11-19-10-12)5-6-16(18)9-13-3-2-4-15(17)8-13/h2-4,7-8,10-11,16H,5-6,9,18H2,1H3. The zero-order chi connectivity index (χ0) is 13.7. The average Bonchev–Trinajstić information content (AvgIpc) is 2.36. The van der Waals surface area contributed by atoms with Gasteiger partial charge >= 0.3 is 0 Å². The van der Waals surface area contributed by atoms with Gasteiger partial charge in [0.05, 0.1) is 0 Å². The highest BCUT2D eigenvalue weighted by Crippen LogP contribution is 2.13. The molecule has 0 saturated heterocycles. The van der Waals surface area contributed by atoms with Crippen molar-refractivity contribution >= 4 is 11.6 Å². The third-order valence-corrected chi connectivity index (χ3v) is 3.36. The summed E-state index contributed by atoms with van der Waals surface area (Å²) in [5.74, 6) is 0. The van der Waals surface area contributed by atoms with Gasteiger partial charge in [0.15, 0.2) is 0 Å². The number of rotatable bonds is 5. The van der Waals surface area contributed by atoms with E-state index in [1.54, 1.807) is 0 Å². The molecule has 2 aromatic rings. The Labute approximate surface area is 119 Å². The molecule has 3 heteroatoms. The monoisotopic (exact) mass is 274 g/mol. The summed E-state index contributed by atoms with van der Waals surface area (Å²) in [6.07, 6.45) is 6.57. The summed E-state index contributed by atoms with van der Waals surface area (Å²) >= 11 is 5.97. The molecule has 100 valence electrons. The Hall–Kier alpha value is -1.38. The highest BCUT2D eigenvalue weighted by molar-refractivity contribution is 6.30. The lowest BCUT2D eigenvalue weighted by Gasteiger charge is -2.12. The summed E-state index contributed by atoms with van der Waals surface area (Å²) < 4.78 is 0. The molecule has 0 aliphatic rings. The minimum absolute atomic E-state index is 0.152. The average molecular weight is 275 g/mol. The highest BCUT2D eigenvalue weighted by Gasteiger charge is 2.05. The van der Waals surface area contributed by atoms with E-state index in [1.165, 1.54) is 16.7 Å². The first-order valence-electron chi connectivity index (χ1n) is 6.54. The first-order chi connectivity index (χ1) is 9.13. The van der Waals surface area contributed by atoms with E-state index in [0.29, 0.717) is 0 Å². The zero-order valence-electron chi connectivity index (χ0n) is 11.1. The molecule has 2 rings (SSSR count). The Balaban J connectivity index is 1.86. The van der Waals surface area contributed by atoms with Crippen molar-refractivity contribution < 1.29 is 0 Å². The Morgan fingerprint density at radius 3 is 2.79 bits per heavy atom. The van der Waals surface area contributed by atoms with Crippen LogP contribution in [0.1, 0.15) is 23.1 Å². The first-order valence-corrected chi connectivity index (χ1v) is 6.92. The summed E-state index contributed by atoms with van der Waals surface area (Å²) in [6.45, 7) is 2.06. The first kappa shape index (κ1) is 14.0. The van der Waals surface area contributed by atoms with E-state index < -0.39 is 0 Å². The Bertz CT molecular complexity index is 540. The number of hydrogen-bond donors (Lipinski definition) is 1. The van der Waals surface area contributed by atoms with Gasteiger partial charge in [-0.05, 0) is 55.0 Å². The summed E-state index contributed by atoms with van der Waals surface area (Å²) in [5.41, 5.74) is 9.82. The lowest BCUT2D eigenvalue weighted by atomic mass is 10.00. The van der Waals surface area contributed by atoms with E-state index in [9.17, 15) is 0 Å². The molecule has 0 amide bonds. The van der Waals surface area contributed by atoms with Gasteiger partial charge in [0.2, 0.25) is 0 Å². The SMILES string of the molecule is Cc1cncc(CCC(N)Cc2cccc(Cl)c2)c1. The fourth-order valence-electron chi connectivity index (χ4n) is 2.18. The van der Waals surface area contributed by atoms with Crippen LogP contribution >= 0.6 is 11.6 Å². The van der Waals surface area contributed by atoms with E-state index in [1.807, 2.05) is 30.6 Å². The smallest absolute Gasteiger partial charge is 0.0408 e.